The van der Waals surface area contributed by atoms with Crippen molar-refractivity contribution < 1.29 is 41.5 Å². The molecule has 10 heteroatoms. The number of hydrogen-bond acceptors (Lipinski definition) is 8. The van der Waals surface area contributed by atoms with Crippen molar-refractivity contribution in [3.8, 4) is 0 Å². The lowest BCUT2D eigenvalue weighted by atomic mass is 10.3. The van der Waals surface area contributed by atoms with Gasteiger partial charge in [-0.3, -0.25) is 14.1 Å². The van der Waals surface area contributed by atoms with Crippen molar-refractivity contribution in [2.75, 3.05) is 26.4 Å². The van der Waals surface area contributed by atoms with Crippen LogP contribution < -0.4 is 0 Å². The summed E-state index contributed by atoms with van der Waals surface area (Å²) in [5, 5.41) is -2.03. The van der Waals surface area contributed by atoms with Gasteiger partial charge in [0.25, 0.3) is 10.1 Å². The second-order valence-corrected chi connectivity index (χ2v) is 7.03. The molecule has 0 aliphatic rings. The summed E-state index contributed by atoms with van der Waals surface area (Å²) in [7, 11) is -4.80. The van der Waals surface area contributed by atoms with Crippen LogP contribution in [0, 0.1) is 0 Å². The first-order valence-electron chi connectivity index (χ1n) is 7.55. The molecule has 24 heavy (non-hydrogen) atoms. The van der Waals surface area contributed by atoms with E-state index in [2.05, 4.69) is 0 Å². The second kappa shape index (κ2) is 11.3. The van der Waals surface area contributed by atoms with Gasteiger partial charge in [-0.15, -0.1) is 0 Å². The second-order valence-electron chi connectivity index (χ2n) is 5.43. The molecule has 0 saturated heterocycles. The third-order valence-electron chi connectivity index (χ3n) is 2.55. The highest BCUT2D eigenvalue weighted by Crippen LogP contribution is 2.09. The Morgan fingerprint density at radius 3 is 1.75 bits per heavy atom. The highest BCUT2D eigenvalue weighted by molar-refractivity contribution is 7.87. The summed E-state index contributed by atoms with van der Waals surface area (Å²) in [4.78, 5) is 23.3. The zero-order valence-electron chi connectivity index (χ0n) is 14.4. The van der Waals surface area contributed by atoms with Gasteiger partial charge in [0.05, 0.1) is 31.8 Å². The molecule has 0 aromatic rings. The van der Waals surface area contributed by atoms with Crippen LogP contribution in [0.1, 0.15) is 34.1 Å². The highest BCUT2D eigenvalue weighted by atomic mass is 32.2. The monoisotopic (exact) mass is 370 g/mol. The molecule has 0 rings (SSSR count). The first-order valence-corrected chi connectivity index (χ1v) is 9.06. The molecular formula is C14H26O9S. The molecule has 0 aliphatic heterocycles. The summed E-state index contributed by atoms with van der Waals surface area (Å²) in [5.41, 5.74) is 0. The van der Waals surface area contributed by atoms with Crippen LogP contribution in [0.3, 0.4) is 0 Å². The SMILES string of the molecule is CC(C)OCCOC(=O)CC(C(=O)OCCOC(C)C)S(=O)(=O)O. The lowest BCUT2D eigenvalue weighted by molar-refractivity contribution is -0.152. The van der Waals surface area contributed by atoms with E-state index in [0.29, 0.717) is 0 Å². The van der Waals surface area contributed by atoms with Crippen molar-refractivity contribution in [3.63, 3.8) is 0 Å². The largest absolute Gasteiger partial charge is 0.463 e. The van der Waals surface area contributed by atoms with E-state index in [4.69, 9.17) is 23.5 Å². The zero-order chi connectivity index (χ0) is 18.8. The maximum Gasteiger partial charge on any atom is 0.327 e. The summed E-state index contributed by atoms with van der Waals surface area (Å²) in [6, 6.07) is 0. The summed E-state index contributed by atoms with van der Waals surface area (Å²) in [6.07, 6.45) is -0.967. The number of ether oxygens (including phenoxy) is 4. The molecule has 0 saturated carbocycles. The Morgan fingerprint density at radius 2 is 1.33 bits per heavy atom. The predicted molar refractivity (Wildman–Crippen MR) is 84.0 cm³/mol. The molecule has 0 amide bonds. The van der Waals surface area contributed by atoms with Crippen molar-refractivity contribution >= 4 is 22.1 Å². The molecule has 1 N–H and O–H groups in total. The van der Waals surface area contributed by atoms with Gasteiger partial charge < -0.3 is 18.9 Å². The van der Waals surface area contributed by atoms with Crippen molar-refractivity contribution in [3.05, 3.63) is 0 Å². The fourth-order valence-electron chi connectivity index (χ4n) is 1.48. The fourth-order valence-corrected chi connectivity index (χ4v) is 2.14. The van der Waals surface area contributed by atoms with Crippen molar-refractivity contribution in [2.24, 2.45) is 0 Å². The van der Waals surface area contributed by atoms with Gasteiger partial charge >= 0.3 is 11.9 Å². The Bertz CT molecular complexity index is 484. The first kappa shape index (κ1) is 22.8. The fraction of sp³-hybridized carbons (Fsp3) is 0.857. The maximum atomic E-state index is 11.7. The van der Waals surface area contributed by atoms with Gasteiger partial charge in [-0.05, 0) is 27.7 Å². The van der Waals surface area contributed by atoms with Crippen molar-refractivity contribution in [1.29, 1.82) is 0 Å². The van der Waals surface area contributed by atoms with Gasteiger partial charge in [0.1, 0.15) is 13.2 Å². The standard InChI is InChI=1S/C14H26O9S/c1-10(2)20-5-7-22-13(15)9-12(24(17,18)19)14(16)23-8-6-21-11(3)4/h10-12H,5-9H2,1-4H3,(H,17,18,19). The minimum Gasteiger partial charge on any atom is -0.463 e. The number of hydrogen-bond donors (Lipinski definition) is 1. The smallest absolute Gasteiger partial charge is 0.327 e. The molecule has 0 bridgehead atoms. The summed E-state index contributed by atoms with van der Waals surface area (Å²) >= 11 is 0. The number of carbonyl (C=O) groups is 2. The average molecular weight is 370 g/mol. The Labute approximate surface area is 142 Å². The quantitative estimate of drug-likeness (QED) is 0.298. The number of carbonyl (C=O) groups excluding carboxylic acids is 2. The molecule has 0 aromatic heterocycles. The minimum absolute atomic E-state index is 0.0442. The number of esters is 2. The molecule has 1 unspecified atom stereocenters. The maximum absolute atomic E-state index is 11.7. The van der Waals surface area contributed by atoms with Gasteiger partial charge in [-0.25, -0.2) is 0 Å². The van der Waals surface area contributed by atoms with Crippen LogP contribution in [-0.2, 0) is 38.7 Å². The highest BCUT2D eigenvalue weighted by Gasteiger charge is 2.35. The van der Waals surface area contributed by atoms with Crippen molar-refractivity contribution in [1.82, 2.24) is 0 Å². The molecule has 142 valence electrons. The van der Waals surface area contributed by atoms with Gasteiger partial charge in [0.15, 0.2) is 5.25 Å². The topological polar surface area (TPSA) is 125 Å². The first-order chi connectivity index (χ1) is 11.0. The van der Waals surface area contributed by atoms with Crippen LogP contribution >= 0.6 is 0 Å². The molecule has 1 atom stereocenters. The number of rotatable bonds is 12. The van der Waals surface area contributed by atoms with E-state index in [1.54, 1.807) is 27.7 Å². The third kappa shape index (κ3) is 11.3. The zero-order valence-corrected chi connectivity index (χ0v) is 15.2. The average Bonchev–Trinajstić information content (AvgIpc) is 2.43. The van der Waals surface area contributed by atoms with E-state index >= 15 is 0 Å². The Kier molecular flexibility index (Phi) is 10.8. The van der Waals surface area contributed by atoms with E-state index in [-0.39, 0.29) is 38.6 Å². The summed E-state index contributed by atoms with van der Waals surface area (Å²) in [6.45, 7) is 7.08. The molecule has 0 spiro atoms. The van der Waals surface area contributed by atoms with Gasteiger partial charge in [0, 0.05) is 0 Å². The van der Waals surface area contributed by atoms with E-state index in [0.717, 1.165) is 0 Å². The van der Waals surface area contributed by atoms with Crippen LogP contribution in [0.4, 0.5) is 0 Å². The van der Waals surface area contributed by atoms with Crippen LogP contribution in [0.25, 0.3) is 0 Å². The van der Waals surface area contributed by atoms with Crippen LogP contribution in [-0.4, -0.2) is 68.8 Å². The summed E-state index contributed by atoms with van der Waals surface area (Å²) < 4.78 is 51.3. The lowest BCUT2D eigenvalue weighted by Crippen LogP contribution is -2.35. The predicted octanol–water partition coefficient (Wildman–Crippen LogP) is 0.569. The molecular weight excluding hydrogens is 344 g/mol. The third-order valence-corrected chi connectivity index (χ3v) is 3.63. The molecule has 0 aliphatic carbocycles. The van der Waals surface area contributed by atoms with Gasteiger partial charge in [-0.2, -0.15) is 8.42 Å². The minimum atomic E-state index is -4.80. The van der Waals surface area contributed by atoms with E-state index < -0.39 is 33.7 Å². The normalized spacial score (nSPS) is 13.1. The Balaban J connectivity index is 4.41. The molecule has 9 nitrogen and oxygen atoms in total. The molecule has 0 heterocycles. The summed E-state index contributed by atoms with van der Waals surface area (Å²) in [5.74, 6) is -2.19. The lowest BCUT2D eigenvalue weighted by Gasteiger charge is -2.14. The van der Waals surface area contributed by atoms with E-state index in [9.17, 15) is 18.0 Å². The van der Waals surface area contributed by atoms with Crippen LogP contribution in [0.2, 0.25) is 0 Å². The van der Waals surface area contributed by atoms with Crippen molar-refractivity contribution in [2.45, 2.75) is 51.6 Å². The molecule has 0 radical (unpaired) electrons. The van der Waals surface area contributed by atoms with Crippen LogP contribution in [0.5, 0.6) is 0 Å². The Hall–Kier alpha value is -1.23. The molecule has 0 aromatic carbocycles. The van der Waals surface area contributed by atoms with Gasteiger partial charge in [0.2, 0.25) is 0 Å². The van der Waals surface area contributed by atoms with E-state index in [1.165, 1.54) is 0 Å². The van der Waals surface area contributed by atoms with Gasteiger partial charge in [-0.1, -0.05) is 0 Å². The molecule has 0 fully saturated rings. The Morgan fingerprint density at radius 1 is 0.875 bits per heavy atom. The van der Waals surface area contributed by atoms with Crippen LogP contribution in [0.15, 0.2) is 0 Å². The van der Waals surface area contributed by atoms with E-state index in [1.807, 2.05) is 0 Å².